The van der Waals surface area contributed by atoms with Crippen molar-refractivity contribution in [2.24, 2.45) is 0 Å². The minimum absolute atomic E-state index is 0.328. The van der Waals surface area contributed by atoms with Crippen LogP contribution in [0.15, 0.2) is 29.2 Å². The van der Waals surface area contributed by atoms with E-state index in [2.05, 4.69) is 4.74 Å². The fourth-order valence-electron chi connectivity index (χ4n) is 1.32. The summed E-state index contributed by atoms with van der Waals surface area (Å²) in [6.07, 6.45) is 2.09. The molecule has 1 aliphatic carbocycles. The van der Waals surface area contributed by atoms with Gasteiger partial charge in [-0.25, -0.2) is 4.79 Å². The molecule has 1 aromatic carbocycles. The van der Waals surface area contributed by atoms with Gasteiger partial charge in [0.15, 0.2) is 4.90 Å². The zero-order chi connectivity index (χ0) is 10.8. The molecule has 1 unspecified atom stereocenters. The number of carbonyl (C=O) groups is 1. The topological polar surface area (TPSA) is 49.4 Å². The number of carbonyl (C=O) groups excluding carboxylic acids is 1. The molecular formula is C11H12O3S. The average Bonchev–Trinajstić information content (AvgIpc) is 3.11. The van der Waals surface area contributed by atoms with E-state index in [4.69, 9.17) is 0 Å². The number of benzene rings is 1. The lowest BCUT2D eigenvalue weighted by Gasteiger charge is -2.09. The number of ether oxygens (including phenoxy) is 1. The number of methoxy groups -OCH3 is 1. The second-order valence-corrected chi connectivity index (χ2v) is 5.25. The largest absolute Gasteiger partial charge is 0.611 e. The van der Waals surface area contributed by atoms with E-state index in [1.807, 2.05) is 0 Å². The molecule has 0 aliphatic heterocycles. The van der Waals surface area contributed by atoms with Gasteiger partial charge in [0.05, 0.1) is 12.7 Å². The molecule has 0 aromatic heterocycles. The standard InChI is InChI=1S/C11H12O3S/c1-14-11(12)8-2-4-9(5-3-8)15(13)10-6-7-10/h2-5,10H,6-7H2,1H3. The quantitative estimate of drug-likeness (QED) is 0.580. The van der Waals surface area contributed by atoms with E-state index < -0.39 is 11.2 Å². The average molecular weight is 224 g/mol. The minimum atomic E-state index is -0.900. The molecule has 0 amide bonds. The van der Waals surface area contributed by atoms with Gasteiger partial charge in [-0.1, -0.05) is 0 Å². The first-order valence-corrected chi connectivity index (χ1v) is 6.02. The second-order valence-electron chi connectivity index (χ2n) is 3.51. The molecule has 80 valence electrons. The van der Waals surface area contributed by atoms with Gasteiger partial charge < -0.3 is 9.29 Å². The van der Waals surface area contributed by atoms with Crippen molar-refractivity contribution < 1.29 is 14.1 Å². The molecule has 2 rings (SSSR count). The van der Waals surface area contributed by atoms with Crippen molar-refractivity contribution in [2.75, 3.05) is 7.11 Å². The summed E-state index contributed by atoms with van der Waals surface area (Å²) in [6.45, 7) is 0. The van der Waals surface area contributed by atoms with Crippen LogP contribution in [0.5, 0.6) is 0 Å². The Morgan fingerprint density at radius 3 is 2.47 bits per heavy atom. The van der Waals surface area contributed by atoms with Crippen LogP contribution >= 0.6 is 0 Å². The second kappa shape index (κ2) is 4.24. The number of hydrogen-bond donors (Lipinski definition) is 0. The summed E-state index contributed by atoms with van der Waals surface area (Å²) in [5, 5.41) is 0.328. The number of esters is 1. The Labute approximate surface area is 91.6 Å². The van der Waals surface area contributed by atoms with Crippen LogP contribution in [0, 0.1) is 0 Å². The fraction of sp³-hybridized carbons (Fsp3) is 0.364. The van der Waals surface area contributed by atoms with E-state index in [1.165, 1.54) is 7.11 Å². The van der Waals surface area contributed by atoms with Gasteiger partial charge in [-0.3, -0.25) is 0 Å². The van der Waals surface area contributed by atoms with Gasteiger partial charge in [0.1, 0.15) is 5.25 Å². The summed E-state index contributed by atoms with van der Waals surface area (Å²) in [5.74, 6) is -0.362. The fourth-order valence-corrected chi connectivity index (χ4v) is 2.67. The van der Waals surface area contributed by atoms with Gasteiger partial charge in [0.2, 0.25) is 0 Å². The van der Waals surface area contributed by atoms with Gasteiger partial charge in [0, 0.05) is 12.8 Å². The van der Waals surface area contributed by atoms with Crippen LogP contribution in [-0.2, 0) is 15.9 Å². The summed E-state index contributed by atoms with van der Waals surface area (Å²) in [7, 11) is 1.35. The van der Waals surface area contributed by atoms with E-state index in [9.17, 15) is 9.35 Å². The van der Waals surface area contributed by atoms with Crippen molar-refractivity contribution in [1.29, 1.82) is 0 Å². The molecule has 0 N–H and O–H groups in total. The maximum Gasteiger partial charge on any atom is 0.337 e. The molecule has 3 nitrogen and oxygen atoms in total. The molecule has 4 heteroatoms. The van der Waals surface area contributed by atoms with Crippen LogP contribution in [0.3, 0.4) is 0 Å². The van der Waals surface area contributed by atoms with Crippen LogP contribution in [0.25, 0.3) is 0 Å². The molecule has 0 saturated heterocycles. The van der Waals surface area contributed by atoms with Crippen molar-refractivity contribution in [3.8, 4) is 0 Å². The molecule has 0 radical (unpaired) electrons. The molecule has 0 bridgehead atoms. The predicted octanol–water partition coefficient (Wildman–Crippen LogP) is 1.74. The summed E-state index contributed by atoms with van der Waals surface area (Å²) in [5.41, 5.74) is 0.494. The SMILES string of the molecule is COC(=O)c1ccc([S+]([O-])C2CC2)cc1. The van der Waals surface area contributed by atoms with Crippen LogP contribution in [0.2, 0.25) is 0 Å². The van der Waals surface area contributed by atoms with Crippen molar-refractivity contribution in [1.82, 2.24) is 0 Å². The molecule has 0 spiro atoms. The monoisotopic (exact) mass is 224 g/mol. The van der Waals surface area contributed by atoms with Crippen LogP contribution in [0.1, 0.15) is 23.2 Å². The molecule has 15 heavy (non-hydrogen) atoms. The lowest BCUT2D eigenvalue weighted by Crippen LogP contribution is -2.08. The predicted molar refractivity (Wildman–Crippen MR) is 57.2 cm³/mol. The molecule has 1 aromatic rings. The molecule has 1 saturated carbocycles. The minimum Gasteiger partial charge on any atom is -0.611 e. The Hall–Kier alpha value is -1.00. The van der Waals surface area contributed by atoms with Gasteiger partial charge >= 0.3 is 5.97 Å². The van der Waals surface area contributed by atoms with Gasteiger partial charge in [0.25, 0.3) is 0 Å². The summed E-state index contributed by atoms with van der Waals surface area (Å²) in [4.78, 5) is 11.9. The van der Waals surface area contributed by atoms with E-state index in [-0.39, 0.29) is 5.97 Å². The molecule has 1 aliphatic rings. The third kappa shape index (κ3) is 2.33. The van der Waals surface area contributed by atoms with Crippen molar-refractivity contribution in [2.45, 2.75) is 23.0 Å². The lowest BCUT2D eigenvalue weighted by molar-refractivity contribution is 0.0600. The first-order chi connectivity index (χ1) is 7.22. The Morgan fingerprint density at radius 1 is 1.40 bits per heavy atom. The molecular weight excluding hydrogens is 212 g/mol. The Balaban J connectivity index is 2.12. The van der Waals surface area contributed by atoms with E-state index in [0.29, 0.717) is 10.8 Å². The highest BCUT2D eigenvalue weighted by Crippen LogP contribution is 2.33. The summed E-state index contributed by atoms with van der Waals surface area (Å²) in [6, 6.07) is 6.78. The maximum atomic E-state index is 11.8. The third-order valence-corrected chi connectivity index (χ3v) is 4.15. The Kier molecular flexibility index (Phi) is 2.98. The van der Waals surface area contributed by atoms with Gasteiger partial charge in [-0.05, 0) is 35.4 Å². The highest BCUT2D eigenvalue weighted by Gasteiger charge is 2.35. The highest BCUT2D eigenvalue weighted by atomic mass is 32.2. The van der Waals surface area contributed by atoms with E-state index >= 15 is 0 Å². The number of hydrogen-bond acceptors (Lipinski definition) is 3. The van der Waals surface area contributed by atoms with Crippen LogP contribution in [-0.4, -0.2) is 22.9 Å². The summed E-state index contributed by atoms with van der Waals surface area (Å²) >= 11 is -0.900. The molecule has 0 heterocycles. The van der Waals surface area contributed by atoms with E-state index in [1.54, 1.807) is 24.3 Å². The van der Waals surface area contributed by atoms with Crippen molar-refractivity contribution in [3.63, 3.8) is 0 Å². The first kappa shape index (κ1) is 10.5. The smallest absolute Gasteiger partial charge is 0.337 e. The van der Waals surface area contributed by atoms with Crippen molar-refractivity contribution in [3.05, 3.63) is 29.8 Å². The van der Waals surface area contributed by atoms with Crippen molar-refractivity contribution >= 4 is 17.1 Å². The summed E-state index contributed by atoms with van der Waals surface area (Å²) < 4.78 is 16.3. The lowest BCUT2D eigenvalue weighted by atomic mass is 10.2. The maximum absolute atomic E-state index is 11.8. The van der Waals surface area contributed by atoms with Gasteiger partial charge in [-0.15, -0.1) is 0 Å². The molecule has 1 atom stereocenters. The van der Waals surface area contributed by atoms with Crippen LogP contribution in [0.4, 0.5) is 0 Å². The first-order valence-electron chi connectivity index (χ1n) is 4.81. The third-order valence-electron chi connectivity index (χ3n) is 2.33. The Morgan fingerprint density at radius 2 is 2.00 bits per heavy atom. The zero-order valence-corrected chi connectivity index (χ0v) is 9.25. The van der Waals surface area contributed by atoms with E-state index in [0.717, 1.165) is 17.7 Å². The van der Waals surface area contributed by atoms with Gasteiger partial charge in [-0.2, -0.15) is 0 Å². The normalized spacial score (nSPS) is 17.2. The molecule has 1 fully saturated rings. The highest BCUT2D eigenvalue weighted by molar-refractivity contribution is 7.92. The van der Waals surface area contributed by atoms with Crippen LogP contribution < -0.4 is 0 Å². The number of rotatable bonds is 3. The Bertz CT molecular complexity index is 357. The zero-order valence-electron chi connectivity index (χ0n) is 8.43.